The molecule has 2 rings (SSSR count). The second-order valence-electron chi connectivity index (χ2n) is 2.58. The lowest BCUT2D eigenvalue weighted by Crippen LogP contribution is -2.24. The lowest BCUT2D eigenvalue weighted by Gasteiger charge is -2.18. The summed E-state index contributed by atoms with van der Waals surface area (Å²) in [6.07, 6.45) is 4.48. The Hall–Kier alpha value is -1.16. The van der Waals surface area contributed by atoms with Crippen molar-refractivity contribution in [1.29, 1.82) is 0 Å². The van der Waals surface area contributed by atoms with Crippen LogP contribution in [0, 0.1) is 0 Å². The molecule has 0 aromatic heterocycles. The van der Waals surface area contributed by atoms with E-state index in [-0.39, 0.29) is 6.04 Å². The zero-order valence-corrected chi connectivity index (χ0v) is 6.03. The molecule has 0 amide bonds. The number of aliphatic imine (C=N–C) groups is 1. The van der Waals surface area contributed by atoms with E-state index in [0.717, 1.165) is 25.2 Å². The van der Waals surface area contributed by atoms with Crippen molar-refractivity contribution in [2.75, 3.05) is 13.2 Å². The minimum absolute atomic E-state index is 0.146. The highest BCUT2D eigenvalue weighted by atomic mass is 16.1. The maximum Gasteiger partial charge on any atom is 0.143 e. The van der Waals surface area contributed by atoms with Gasteiger partial charge < -0.3 is 9.69 Å². The highest BCUT2D eigenvalue weighted by Gasteiger charge is 2.26. The van der Waals surface area contributed by atoms with Gasteiger partial charge in [0.1, 0.15) is 12.3 Å². The fourth-order valence-electron chi connectivity index (χ4n) is 1.33. The third-order valence-corrected chi connectivity index (χ3v) is 1.94. The Labute approximate surface area is 64.6 Å². The van der Waals surface area contributed by atoms with Crippen LogP contribution in [0.2, 0.25) is 0 Å². The number of nitrogens with one attached hydrogen (secondary N) is 1. The smallest absolute Gasteiger partial charge is 0.143 e. The normalized spacial score (nSPS) is 28.2. The van der Waals surface area contributed by atoms with Gasteiger partial charge in [0.15, 0.2) is 0 Å². The summed E-state index contributed by atoms with van der Waals surface area (Å²) in [5, 5.41) is 3.06. The maximum atomic E-state index is 10.5. The van der Waals surface area contributed by atoms with Crippen LogP contribution in [0.15, 0.2) is 16.9 Å². The van der Waals surface area contributed by atoms with Gasteiger partial charge in [-0.25, -0.2) is 0 Å². The first-order valence-corrected chi connectivity index (χ1v) is 3.57. The summed E-state index contributed by atoms with van der Waals surface area (Å²) in [7, 11) is 0. The third-order valence-electron chi connectivity index (χ3n) is 1.94. The van der Waals surface area contributed by atoms with Gasteiger partial charge >= 0.3 is 0 Å². The van der Waals surface area contributed by atoms with Crippen molar-refractivity contribution < 1.29 is 4.79 Å². The fraction of sp³-hybridized carbons (Fsp3) is 0.429. The molecular weight excluding hydrogens is 142 g/mol. The first-order valence-electron chi connectivity index (χ1n) is 3.57. The van der Waals surface area contributed by atoms with Gasteiger partial charge in [0.2, 0.25) is 0 Å². The highest BCUT2D eigenvalue weighted by molar-refractivity contribution is 5.68. The molecule has 58 valence electrons. The van der Waals surface area contributed by atoms with E-state index < -0.39 is 0 Å². The molecule has 4 heteroatoms. The van der Waals surface area contributed by atoms with Crippen molar-refractivity contribution >= 4 is 12.5 Å². The molecule has 0 saturated carbocycles. The van der Waals surface area contributed by atoms with E-state index in [4.69, 9.17) is 0 Å². The largest absolute Gasteiger partial charge is 0.354 e. The summed E-state index contributed by atoms with van der Waals surface area (Å²) in [5.74, 6) is 0. The Morgan fingerprint density at radius 2 is 2.73 bits per heavy atom. The molecule has 1 unspecified atom stereocenters. The van der Waals surface area contributed by atoms with Gasteiger partial charge in [-0.3, -0.25) is 10.3 Å². The van der Waals surface area contributed by atoms with Gasteiger partial charge in [0.05, 0.1) is 18.9 Å². The Morgan fingerprint density at radius 3 is 3.55 bits per heavy atom. The van der Waals surface area contributed by atoms with Crippen LogP contribution in [0.3, 0.4) is 0 Å². The Balaban J connectivity index is 2.25. The molecule has 11 heavy (non-hydrogen) atoms. The Kier molecular flexibility index (Phi) is 1.47. The molecule has 1 saturated heterocycles. The molecule has 4 nitrogen and oxygen atoms in total. The van der Waals surface area contributed by atoms with Crippen LogP contribution in [0.25, 0.3) is 0 Å². The van der Waals surface area contributed by atoms with E-state index in [9.17, 15) is 4.79 Å². The second-order valence-corrected chi connectivity index (χ2v) is 2.58. The summed E-state index contributed by atoms with van der Waals surface area (Å²) in [4.78, 5) is 16.6. The van der Waals surface area contributed by atoms with Gasteiger partial charge in [-0.15, -0.1) is 0 Å². The van der Waals surface area contributed by atoms with E-state index in [1.807, 2.05) is 6.21 Å². The van der Waals surface area contributed by atoms with Gasteiger partial charge in [0.25, 0.3) is 0 Å². The highest BCUT2D eigenvalue weighted by Crippen LogP contribution is 2.15. The van der Waals surface area contributed by atoms with Crippen LogP contribution >= 0.6 is 0 Å². The average Bonchev–Trinajstić information content (AvgIpc) is 2.47. The Bertz CT molecular complexity index is 234. The van der Waals surface area contributed by atoms with E-state index >= 15 is 0 Å². The molecule has 2 aliphatic heterocycles. The quantitative estimate of drug-likeness (QED) is 0.506. The minimum Gasteiger partial charge on any atom is -0.354 e. The predicted octanol–water partition coefficient (Wildman–Crippen LogP) is -0.658. The SMILES string of the molecule is O=CC1NCN2CC=NC=C12. The molecule has 0 spiro atoms. The maximum absolute atomic E-state index is 10.5. The minimum atomic E-state index is -0.146. The molecule has 0 radical (unpaired) electrons. The first kappa shape index (κ1) is 6.54. The number of carbonyl (C=O) groups excluding carboxylic acids is 1. The number of fused-ring (bicyclic) bond motifs is 1. The molecular formula is C7H9N3O. The van der Waals surface area contributed by atoms with Crippen LogP contribution in [0.1, 0.15) is 0 Å². The van der Waals surface area contributed by atoms with Gasteiger partial charge in [-0.1, -0.05) is 0 Å². The average molecular weight is 151 g/mol. The van der Waals surface area contributed by atoms with E-state index in [2.05, 4.69) is 15.2 Å². The lowest BCUT2D eigenvalue weighted by molar-refractivity contribution is -0.108. The molecule has 0 bridgehead atoms. The number of aldehydes is 1. The van der Waals surface area contributed by atoms with E-state index in [1.165, 1.54) is 0 Å². The van der Waals surface area contributed by atoms with Crippen LogP contribution in [0.5, 0.6) is 0 Å². The molecule has 2 aliphatic rings. The zero-order valence-electron chi connectivity index (χ0n) is 6.03. The van der Waals surface area contributed by atoms with Crippen LogP contribution in [-0.2, 0) is 4.79 Å². The summed E-state index contributed by atoms with van der Waals surface area (Å²) in [6, 6.07) is -0.146. The van der Waals surface area contributed by atoms with Crippen molar-refractivity contribution in [3.05, 3.63) is 11.9 Å². The summed E-state index contributed by atoms with van der Waals surface area (Å²) < 4.78 is 0. The number of nitrogens with zero attached hydrogens (tertiary/aromatic N) is 2. The molecule has 1 atom stereocenters. The molecule has 0 aromatic rings. The van der Waals surface area contributed by atoms with Crippen molar-refractivity contribution in [1.82, 2.24) is 10.2 Å². The molecule has 0 aromatic carbocycles. The van der Waals surface area contributed by atoms with Crippen molar-refractivity contribution in [2.45, 2.75) is 6.04 Å². The van der Waals surface area contributed by atoms with Gasteiger partial charge in [-0.2, -0.15) is 0 Å². The zero-order chi connectivity index (χ0) is 7.68. The van der Waals surface area contributed by atoms with Crippen molar-refractivity contribution in [3.8, 4) is 0 Å². The lowest BCUT2D eigenvalue weighted by atomic mass is 10.2. The van der Waals surface area contributed by atoms with Crippen LogP contribution < -0.4 is 5.32 Å². The van der Waals surface area contributed by atoms with Crippen molar-refractivity contribution in [2.24, 2.45) is 4.99 Å². The van der Waals surface area contributed by atoms with Gasteiger partial charge in [-0.05, 0) is 0 Å². The number of hydrogen-bond donors (Lipinski definition) is 1. The predicted molar refractivity (Wildman–Crippen MR) is 41.1 cm³/mol. The molecule has 2 heterocycles. The second kappa shape index (κ2) is 2.47. The third kappa shape index (κ3) is 0.952. The Morgan fingerprint density at radius 1 is 1.82 bits per heavy atom. The number of carbonyl (C=O) groups is 1. The first-order chi connectivity index (χ1) is 5.42. The molecule has 1 fully saturated rings. The van der Waals surface area contributed by atoms with Gasteiger partial charge in [0, 0.05) is 12.4 Å². The van der Waals surface area contributed by atoms with Crippen LogP contribution in [0.4, 0.5) is 0 Å². The summed E-state index contributed by atoms with van der Waals surface area (Å²) in [6.45, 7) is 1.56. The topological polar surface area (TPSA) is 44.7 Å². The standard InChI is InChI=1S/C7H9N3O/c11-4-6-7-3-8-1-2-10(7)5-9-6/h1,3-4,6,9H,2,5H2. The fourth-order valence-corrected chi connectivity index (χ4v) is 1.33. The van der Waals surface area contributed by atoms with E-state index in [0.29, 0.717) is 0 Å². The van der Waals surface area contributed by atoms with Crippen LogP contribution in [-0.4, -0.2) is 36.7 Å². The number of rotatable bonds is 1. The molecule has 1 N–H and O–H groups in total. The van der Waals surface area contributed by atoms with E-state index in [1.54, 1.807) is 6.20 Å². The molecule has 0 aliphatic carbocycles. The summed E-state index contributed by atoms with van der Waals surface area (Å²) in [5.41, 5.74) is 0.988. The van der Waals surface area contributed by atoms with Crippen molar-refractivity contribution in [3.63, 3.8) is 0 Å². The monoisotopic (exact) mass is 151 g/mol. The number of hydrogen-bond acceptors (Lipinski definition) is 4. The summed E-state index contributed by atoms with van der Waals surface area (Å²) >= 11 is 0.